The van der Waals surface area contributed by atoms with E-state index in [1.807, 2.05) is 25.1 Å². The van der Waals surface area contributed by atoms with Crippen LogP contribution in [0.15, 0.2) is 37.2 Å². The molecule has 1 aromatic carbocycles. The zero-order chi connectivity index (χ0) is 12.4. The van der Waals surface area contributed by atoms with Crippen molar-refractivity contribution in [3.63, 3.8) is 0 Å². The largest absolute Gasteiger partial charge is 0.416 e. The molecule has 1 aromatic heterocycles. The Kier molecular flexibility index (Phi) is 3.86. The quantitative estimate of drug-likeness (QED) is 0.941. The van der Waals surface area contributed by atoms with E-state index in [1.165, 1.54) is 11.8 Å². The van der Waals surface area contributed by atoms with Crippen LogP contribution in [0.5, 0.6) is 0 Å². The van der Waals surface area contributed by atoms with E-state index in [1.54, 1.807) is 6.92 Å². The highest BCUT2D eigenvalue weighted by atomic mass is 79.9. The highest BCUT2D eigenvalue weighted by Gasteiger charge is 2.09. The van der Waals surface area contributed by atoms with Crippen LogP contribution in [0.3, 0.4) is 0 Å². The van der Waals surface area contributed by atoms with Gasteiger partial charge < -0.3 is 10.2 Å². The zero-order valence-electron chi connectivity index (χ0n) is 9.48. The van der Waals surface area contributed by atoms with Crippen LogP contribution in [-0.4, -0.2) is 10.2 Å². The molecule has 0 radical (unpaired) electrons. The molecule has 2 rings (SSSR count). The maximum absolute atomic E-state index is 5.82. The van der Waals surface area contributed by atoms with Gasteiger partial charge in [0.1, 0.15) is 0 Å². The summed E-state index contributed by atoms with van der Waals surface area (Å²) in [6.45, 7) is 3.72. The van der Waals surface area contributed by atoms with Crippen molar-refractivity contribution in [3.8, 4) is 0 Å². The fourth-order valence-corrected chi connectivity index (χ4v) is 2.66. The van der Waals surface area contributed by atoms with E-state index in [0.717, 1.165) is 14.9 Å². The molecule has 2 N–H and O–H groups in total. The van der Waals surface area contributed by atoms with Gasteiger partial charge in [0.2, 0.25) is 5.89 Å². The van der Waals surface area contributed by atoms with Gasteiger partial charge >= 0.3 is 0 Å². The van der Waals surface area contributed by atoms with Crippen molar-refractivity contribution >= 4 is 27.7 Å². The van der Waals surface area contributed by atoms with E-state index in [2.05, 4.69) is 26.1 Å². The first kappa shape index (κ1) is 12.6. The van der Waals surface area contributed by atoms with E-state index in [4.69, 9.17) is 10.2 Å². The molecule has 1 unspecified atom stereocenters. The van der Waals surface area contributed by atoms with Crippen LogP contribution in [0.25, 0.3) is 0 Å². The summed E-state index contributed by atoms with van der Waals surface area (Å²) >= 11 is 4.94. The number of hydrogen-bond donors (Lipinski definition) is 1. The van der Waals surface area contributed by atoms with Crippen LogP contribution in [0.2, 0.25) is 0 Å². The molecule has 0 saturated heterocycles. The van der Waals surface area contributed by atoms with Gasteiger partial charge in [-0.25, -0.2) is 0 Å². The minimum Gasteiger partial charge on any atom is -0.416 e. The summed E-state index contributed by atoms with van der Waals surface area (Å²) in [5.74, 6) is 0.566. The van der Waals surface area contributed by atoms with Crippen LogP contribution in [0.1, 0.15) is 24.4 Å². The molecule has 0 bridgehead atoms. The number of nitrogens with zero attached hydrogens (tertiary/aromatic N) is 2. The summed E-state index contributed by atoms with van der Waals surface area (Å²) in [6, 6.07) is 6.03. The summed E-state index contributed by atoms with van der Waals surface area (Å²) < 4.78 is 6.30. The zero-order valence-corrected chi connectivity index (χ0v) is 11.9. The summed E-state index contributed by atoms with van der Waals surface area (Å²) in [5.41, 5.74) is 6.91. The Labute approximate surface area is 112 Å². The van der Waals surface area contributed by atoms with Crippen LogP contribution in [0.4, 0.5) is 0 Å². The Morgan fingerprint density at radius 1 is 1.41 bits per heavy atom. The molecule has 0 aliphatic heterocycles. The molecule has 90 valence electrons. The number of nitrogens with two attached hydrogens (primary N) is 1. The van der Waals surface area contributed by atoms with Gasteiger partial charge in [0.15, 0.2) is 0 Å². The summed E-state index contributed by atoms with van der Waals surface area (Å²) in [7, 11) is 0. The molecule has 0 aliphatic carbocycles. The second-order valence-electron chi connectivity index (χ2n) is 3.67. The molecule has 1 atom stereocenters. The lowest BCUT2D eigenvalue weighted by atomic mass is 10.1. The number of benzene rings is 1. The first-order chi connectivity index (χ1) is 8.06. The summed E-state index contributed by atoms with van der Waals surface area (Å²) in [5, 5.41) is 8.26. The van der Waals surface area contributed by atoms with Gasteiger partial charge in [0.05, 0.1) is 0 Å². The SMILES string of the molecule is Cc1nnc(Sc2ccc(C(C)N)cc2Br)o1. The molecule has 6 heteroatoms. The van der Waals surface area contributed by atoms with Gasteiger partial charge in [-0.3, -0.25) is 0 Å². The number of rotatable bonds is 3. The standard InChI is InChI=1S/C11H12BrN3OS/c1-6(13)8-3-4-10(9(12)5-8)17-11-15-14-7(2)16-11/h3-6H,13H2,1-2H3. The van der Waals surface area contributed by atoms with Crippen molar-refractivity contribution in [2.24, 2.45) is 5.73 Å². The molecule has 17 heavy (non-hydrogen) atoms. The van der Waals surface area contributed by atoms with Gasteiger partial charge in [-0.2, -0.15) is 0 Å². The van der Waals surface area contributed by atoms with E-state index in [9.17, 15) is 0 Å². The minimum atomic E-state index is 0.0241. The smallest absolute Gasteiger partial charge is 0.281 e. The Balaban J connectivity index is 2.22. The lowest BCUT2D eigenvalue weighted by molar-refractivity contribution is 0.429. The Morgan fingerprint density at radius 2 is 2.18 bits per heavy atom. The molecular formula is C11H12BrN3OS. The highest BCUT2D eigenvalue weighted by Crippen LogP contribution is 2.33. The normalized spacial score (nSPS) is 12.7. The first-order valence-electron chi connectivity index (χ1n) is 5.09. The number of aromatic nitrogens is 2. The van der Waals surface area contributed by atoms with Crippen molar-refractivity contribution < 1.29 is 4.42 Å². The molecule has 0 amide bonds. The Bertz CT molecular complexity index is 527. The Hall–Kier alpha value is -0.850. The van der Waals surface area contributed by atoms with Gasteiger partial charge in [0, 0.05) is 22.3 Å². The van der Waals surface area contributed by atoms with Gasteiger partial charge in [-0.1, -0.05) is 6.07 Å². The third kappa shape index (κ3) is 3.08. The van der Waals surface area contributed by atoms with Crippen molar-refractivity contribution in [2.45, 2.75) is 30.0 Å². The highest BCUT2D eigenvalue weighted by molar-refractivity contribution is 9.10. The van der Waals surface area contributed by atoms with E-state index in [0.29, 0.717) is 11.1 Å². The summed E-state index contributed by atoms with van der Waals surface area (Å²) in [4.78, 5) is 1.03. The molecular weight excluding hydrogens is 302 g/mol. The minimum absolute atomic E-state index is 0.0241. The lowest BCUT2D eigenvalue weighted by Gasteiger charge is -2.08. The van der Waals surface area contributed by atoms with Gasteiger partial charge in [-0.15, -0.1) is 10.2 Å². The van der Waals surface area contributed by atoms with Gasteiger partial charge in [-0.05, 0) is 52.3 Å². The van der Waals surface area contributed by atoms with E-state index in [-0.39, 0.29) is 6.04 Å². The third-order valence-electron chi connectivity index (χ3n) is 2.19. The number of halogens is 1. The maximum atomic E-state index is 5.82. The molecule has 0 aliphatic rings. The molecule has 2 aromatic rings. The van der Waals surface area contributed by atoms with E-state index >= 15 is 0 Å². The van der Waals surface area contributed by atoms with Crippen LogP contribution >= 0.6 is 27.7 Å². The second kappa shape index (κ2) is 5.20. The Morgan fingerprint density at radius 3 is 2.71 bits per heavy atom. The van der Waals surface area contributed by atoms with Gasteiger partial charge in [0.25, 0.3) is 5.22 Å². The molecule has 0 saturated carbocycles. The van der Waals surface area contributed by atoms with Crippen molar-refractivity contribution in [3.05, 3.63) is 34.1 Å². The van der Waals surface area contributed by atoms with Crippen molar-refractivity contribution in [2.75, 3.05) is 0 Å². The van der Waals surface area contributed by atoms with E-state index < -0.39 is 0 Å². The average molecular weight is 314 g/mol. The monoisotopic (exact) mass is 313 g/mol. The molecule has 4 nitrogen and oxygen atoms in total. The molecule has 0 spiro atoms. The fourth-order valence-electron chi connectivity index (χ4n) is 1.30. The summed E-state index contributed by atoms with van der Waals surface area (Å²) in [6.07, 6.45) is 0. The molecule has 1 heterocycles. The van der Waals surface area contributed by atoms with Crippen LogP contribution in [-0.2, 0) is 0 Å². The average Bonchev–Trinajstić information content (AvgIpc) is 2.67. The van der Waals surface area contributed by atoms with Crippen molar-refractivity contribution in [1.29, 1.82) is 0 Å². The van der Waals surface area contributed by atoms with Crippen molar-refractivity contribution in [1.82, 2.24) is 10.2 Å². The number of hydrogen-bond acceptors (Lipinski definition) is 5. The first-order valence-corrected chi connectivity index (χ1v) is 6.70. The lowest BCUT2D eigenvalue weighted by Crippen LogP contribution is -2.04. The third-order valence-corrected chi connectivity index (χ3v) is 4.02. The predicted molar refractivity (Wildman–Crippen MR) is 69.9 cm³/mol. The topological polar surface area (TPSA) is 64.9 Å². The van der Waals surface area contributed by atoms with Crippen LogP contribution in [0, 0.1) is 6.92 Å². The molecule has 0 fully saturated rings. The number of aryl methyl sites for hydroxylation is 1. The predicted octanol–water partition coefficient (Wildman–Crippen LogP) is 3.31. The fraction of sp³-hybridized carbons (Fsp3) is 0.273. The van der Waals surface area contributed by atoms with Crippen LogP contribution < -0.4 is 5.73 Å². The maximum Gasteiger partial charge on any atom is 0.281 e. The second-order valence-corrected chi connectivity index (χ2v) is 5.52.